The fourth-order valence-electron chi connectivity index (χ4n) is 7.30. The Bertz CT molecular complexity index is 2830. The van der Waals surface area contributed by atoms with Gasteiger partial charge in [-0.25, -0.2) is 0 Å². The fraction of sp³-hybridized carbons (Fsp3) is 0. The number of furan rings is 2. The topological polar surface area (TPSA) is 29.5 Å². The Kier molecular flexibility index (Phi) is 6.81. The Morgan fingerprint density at radius 1 is 0.255 bits per heavy atom. The average Bonchev–Trinajstić information content (AvgIpc) is 3.77. The summed E-state index contributed by atoms with van der Waals surface area (Å²) in [5.41, 5.74) is 13.9. The van der Waals surface area contributed by atoms with Crippen LogP contribution in [0, 0.1) is 0 Å². The molecule has 0 bridgehead atoms. The van der Waals surface area contributed by atoms with Gasteiger partial charge in [-0.05, 0) is 100 Å². The first kappa shape index (κ1) is 29.1. The minimum atomic E-state index is 0.881. The maximum Gasteiger partial charge on any atom is 0.135 e. The molecule has 0 radical (unpaired) electrons. The second kappa shape index (κ2) is 11.9. The molecule has 0 saturated carbocycles. The van der Waals surface area contributed by atoms with Crippen molar-refractivity contribution in [2.45, 2.75) is 0 Å². The number of benzene rings is 8. The minimum absolute atomic E-state index is 0.881. The Hall–Kier alpha value is -6.84. The van der Waals surface area contributed by atoms with Crippen LogP contribution in [0.5, 0.6) is 0 Å². The second-order valence-electron chi connectivity index (χ2n) is 13.0. The van der Waals surface area contributed by atoms with Gasteiger partial charge in [0.2, 0.25) is 0 Å². The van der Waals surface area contributed by atoms with Gasteiger partial charge in [0.1, 0.15) is 22.3 Å². The molecule has 51 heavy (non-hydrogen) atoms. The lowest BCUT2D eigenvalue weighted by Crippen LogP contribution is -2.09. The van der Waals surface area contributed by atoms with Gasteiger partial charge in [0.25, 0.3) is 0 Å². The first-order chi connectivity index (χ1) is 25.2. The Morgan fingerprint density at radius 3 is 1.20 bits per heavy atom. The summed E-state index contributed by atoms with van der Waals surface area (Å²) in [6.07, 6.45) is 0. The lowest BCUT2D eigenvalue weighted by Gasteiger charge is -2.26. The maximum atomic E-state index is 6.19. The predicted molar refractivity (Wildman–Crippen MR) is 212 cm³/mol. The third-order valence-corrected chi connectivity index (χ3v) is 9.90. The van der Waals surface area contributed by atoms with Crippen molar-refractivity contribution < 1.29 is 8.83 Å². The molecular weight excluding hydrogens is 623 g/mol. The molecule has 0 aliphatic heterocycles. The van der Waals surface area contributed by atoms with E-state index in [0.29, 0.717) is 0 Å². The summed E-state index contributed by atoms with van der Waals surface area (Å²) < 4.78 is 12.3. The number of fused-ring (bicyclic) bond motifs is 6. The summed E-state index contributed by atoms with van der Waals surface area (Å²) >= 11 is 0. The van der Waals surface area contributed by atoms with Crippen molar-refractivity contribution in [3.63, 3.8) is 0 Å². The van der Waals surface area contributed by atoms with Gasteiger partial charge in [-0.2, -0.15) is 0 Å². The van der Waals surface area contributed by atoms with Crippen LogP contribution in [0.3, 0.4) is 0 Å². The molecule has 10 rings (SSSR count). The molecule has 2 heterocycles. The van der Waals surface area contributed by atoms with Gasteiger partial charge in [0.15, 0.2) is 0 Å². The van der Waals surface area contributed by atoms with Crippen LogP contribution in [0.2, 0.25) is 0 Å². The highest BCUT2D eigenvalue weighted by atomic mass is 16.3. The summed E-state index contributed by atoms with van der Waals surface area (Å²) in [5.74, 6) is 0. The molecule has 0 saturated heterocycles. The van der Waals surface area contributed by atoms with Gasteiger partial charge in [0.05, 0.1) is 0 Å². The predicted octanol–water partition coefficient (Wildman–Crippen LogP) is 14.0. The van der Waals surface area contributed by atoms with Crippen LogP contribution in [0.25, 0.3) is 77.3 Å². The fourth-order valence-corrected chi connectivity index (χ4v) is 7.30. The van der Waals surface area contributed by atoms with Crippen LogP contribution >= 0.6 is 0 Å². The van der Waals surface area contributed by atoms with Gasteiger partial charge >= 0.3 is 0 Å². The van der Waals surface area contributed by atoms with E-state index in [-0.39, 0.29) is 0 Å². The second-order valence-corrected chi connectivity index (χ2v) is 13.0. The van der Waals surface area contributed by atoms with Crippen molar-refractivity contribution >= 4 is 60.9 Å². The van der Waals surface area contributed by atoms with Crippen molar-refractivity contribution in [3.05, 3.63) is 188 Å². The molecule has 10 aromatic rings. The van der Waals surface area contributed by atoms with Crippen LogP contribution in [0.15, 0.2) is 197 Å². The van der Waals surface area contributed by atoms with Gasteiger partial charge in [-0.1, -0.05) is 121 Å². The summed E-state index contributed by atoms with van der Waals surface area (Å²) in [4.78, 5) is 2.32. The average molecular weight is 654 g/mol. The van der Waals surface area contributed by atoms with Gasteiger partial charge in [-0.3, -0.25) is 0 Å². The van der Waals surface area contributed by atoms with Crippen molar-refractivity contribution in [2.24, 2.45) is 0 Å². The van der Waals surface area contributed by atoms with Crippen LogP contribution in [0.4, 0.5) is 17.1 Å². The van der Waals surface area contributed by atoms with E-state index in [4.69, 9.17) is 8.83 Å². The molecule has 0 amide bonds. The van der Waals surface area contributed by atoms with Crippen molar-refractivity contribution in [2.75, 3.05) is 4.90 Å². The molecule has 2 aromatic heterocycles. The number of rotatable bonds is 6. The summed E-state index contributed by atoms with van der Waals surface area (Å²) in [6.45, 7) is 0. The molecule has 0 fully saturated rings. The molecule has 3 nitrogen and oxygen atoms in total. The SMILES string of the molecule is c1ccc(-c2ccc(-c3ccc(N(c4ccc(-c5ccc6oc7ccccc7c6c5)cc4)c4ccc5oc6ccccc6c5c4)cc3)cc2)cc1. The van der Waals surface area contributed by atoms with Gasteiger partial charge in [-0.15, -0.1) is 0 Å². The van der Waals surface area contributed by atoms with E-state index in [1.165, 1.54) is 22.3 Å². The highest BCUT2D eigenvalue weighted by molar-refractivity contribution is 6.07. The molecule has 0 aliphatic carbocycles. The van der Waals surface area contributed by atoms with Crippen LogP contribution in [-0.2, 0) is 0 Å². The highest BCUT2D eigenvalue weighted by Gasteiger charge is 2.17. The zero-order valence-electron chi connectivity index (χ0n) is 27.7. The molecule has 8 aromatic carbocycles. The Morgan fingerprint density at radius 2 is 0.627 bits per heavy atom. The number of anilines is 3. The molecule has 0 atom stereocenters. The van der Waals surface area contributed by atoms with Gasteiger partial charge < -0.3 is 13.7 Å². The summed E-state index contributed by atoms with van der Waals surface area (Å²) in [5, 5.41) is 4.47. The zero-order chi connectivity index (χ0) is 33.7. The first-order valence-corrected chi connectivity index (χ1v) is 17.2. The lowest BCUT2D eigenvalue weighted by atomic mass is 10.00. The highest BCUT2D eigenvalue weighted by Crippen LogP contribution is 2.40. The normalized spacial score (nSPS) is 11.5. The summed E-state index contributed by atoms with van der Waals surface area (Å²) in [7, 11) is 0. The number of nitrogens with zero attached hydrogens (tertiary/aromatic N) is 1. The van der Waals surface area contributed by atoms with E-state index in [1.807, 2.05) is 24.3 Å². The van der Waals surface area contributed by atoms with Crippen LogP contribution in [-0.4, -0.2) is 0 Å². The minimum Gasteiger partial charge on any atom is -0.456 e. The molecule has 3 heteroatoms. The van der Waals surface area contributed by atoms with E-state index >= 15 is 0 Å². The standard InChI is InChI=1S/C48H31NO2/c1-2-8-32(9-3-1)33-14-16-34(17-15-33)35-18-23-38(24-19-35)49(40-27-29-48-44(31-40)42-11-5-7-13-46(42)51-48)39-25-20-36(21-26-39)37-22-28-47-43(30-37)41-10-4-6-12-45(41)50-47/h1-31H. The quantitative estimate of drug-likeness (QED) is 0.179. The third kappa shape index (κ3) is 5.15. The van der Waals surface area contributed by atoms with Crippen molar-refractivity contribution in [1.29, 1.82) is 0 Å². The van der Waals surface area contributed by atoms with E-state index < -0.39 is 0 Å². The Labute approximate surface area is 295 Å². The Balaban J connectivity index is 1.04. The van der Waals surface area contributed by atoms with E-state index in [1.54, 1.807) is 0 Å². The first-order valence-electron chi connectivity index (χ1n) is 17.2. The van der Waals surface area contributed by atoms with E-state index in [2.05, 4.69) is 169 Å². The van der Waals surface area contributed by atoms with Crippen LogP contribution < -0.4 is 4.90 Å². The van der Waals surface area contributed by atoms with Gasteiger partial charge in [0, 0.05) is 38.6 Å². The molecule has 0 aliphatic rings. The smallest absolute Gasteiger partial charge is 0.135 e. The number of para-hydroxylation sites is 2. The molecular formula is C48H31NO2. The molecule has 0 spiro atoms. The molecule has 0 unspecified atom stereocenters. The number of hydrogen-bond donors (Lipinski definition) is 0. The monoisotopic (exact) mass is 653 g/mol. The summed E-state index contributed by atoms with van der Waals surface area (Å²) in [6, 6.07) is 66.4. The van der Waals surface area contributed by atoms with Crippen molar-refractivity contribution in [1.82, 2.24) is 0 Å². The maximum absolute atomic E-state index is 6.19. The lowest BCUT2D eigenvalue weighted by molar-refractivity contribution is 0.668. The zero-order valence-corrected chi connectivity index (χ0v) is 27.7. The third-order valence-electron chi connectivity index (χ3n) is 9.90. The van der Waals surface area contributed by atoms with Crippen LogP contribution in [0.1, 0.15) is 0 Å². The van der Waals surface area contributed by atoms with E-state index in [9.17, 15) is 0 Å². The largest absolute Gasteiger partial charge is 0.456 e. The van der Waals surface area contributed by atoms with E-state index in [0.717, 1.165) is 72.1 Å². The van der Waals surface area contributed by atoms with Crippen molar-refractivity contribution in [3.8, 4) is 33.4 Å². The number of hydrogen-bond acceptors (Lipinski definition) is 3. The molecule has 240 valence electrons. The molecule has 0 N–H and O–H groups in total.